The predicted octanol–water partition coefficient (Wildman–Crippen LogP) is 11.4. The zero-order valence-electron chi connectivity index (χ0n) is 23.3. The lowest BCUT2D eigenvalue weighted by molar-refractivity contribution is 0.379. The maximum atomic E-state index is 15.2. The van der Waals surface area contributed by atoms with Crippen molar-refractivity contribution in [3.8, 4) is 44.5 Å². The second-order valence-corrected chi connectivity index (χ2v) is 9.91. The number of rotatable bonds is 4. The highest BCUT2D eigenvalue weighted by Crippen LogP contribution is 2.46. The molecule has 0 heterocycles. The highest BCUT2D eigenvalue weighted by molar-refractivity contribution is 5.79. The summed E-state index contributed by atoms with van der Waals surface area (Å²) >= 11 is 0. The van der Waals surface area contributed by atoms with Crippen molar-refractivity contribution >= 4 is 0 Å². The van der Waals surface area contributed by atoms with Crippen LogP contribution < -0.4 is 0 Å². The number of hydrogen-bond acceptors (Lipinski definition) is 0. The second-order valence-electron chi connectivity index (χ2n) is 9.91. The molecule has 22 heteroatoms. The van der Waals surface area contributed by atoms with Crippen molar-refractivity contribution in [2.45, 2.75) is 0 Å². The first kappa shape index (κ1) is 37.8. The molecule has 0 aliphatic rings. The summed E-state index contributed by atoms with van der Waals surface area (Å²) in [5, 5.41) is 0. The van der Waals surface area contributed by atoms with Crippen LogP contribution in [0.15, 0.2) is 0 Å². The molecule has 0 aromatic heterocycles. The van der Waals surface area contributed by atoms with Crippen LogP contribution in [0.25, 0.3) is 44.5 Å². The molecule has 0 amide bonds. The standard InChI is InChI=1S/C30F22/c31-9-1(3-13(35)17(39)5(18(40)14(3)36)7-21(43)25(47)29(51)26(48)22(7)44)10(32)12(34)2(11(9)33)4-15(37)19(41)6(20(42)16(4)38)8-23(45)27(49)30(52)28(50)24(8)46. The molecule has 0 aliphatic heterocycles. The molecule has 0 N–H and O–H groups in total. The topological polar surface area (TPSA) is 0 Å². The Kier molecular flexibility index (Phi) is 9.20. The molecule has 0 unspecified atom stereocenters. The monoisotopic (exact) mass is 778 g/mol. The first-order valence-corrected chi connectivity index (χ1v) is 12.7. The van der Waals surface area contributed by atoms with E-state index in [1.54, 1.807) is 0 Å². The molecular formula is C30F22. The maximum absolute atomic E-state index is 15.2. The summed E-state index contributed by atoms with van der Waals surface area (Å²) in [5.41, 5.74) is -22.7. The molecule has 0 atom stereocenters. The van der Waals surface area contributed by atoms with Crippen molar-refractivity contribution in [1.29, 1.82) is 0 Å². The number of halogens is 22. The lowest BCUT2D eigenvalue weighted by Gasteiger charge is -2.18. The van der Waals surface area contributed by atoms with Crippen LogP contribution in [0.4, 0.5) is 96.6 Å². The van der Waals surface area contributed by atoms with Gasteiger partial charge < -0.3 is 0 Å². The van der Waals surface area contributed by atoms with Gasteiger partial charge in [0, 0.05) is 0 Å². The predicted molar refractivity (Wildman–Crippen MR) is 127 cm³/mol. The first-order valence-electron chi connectivity index (χ1n) is 12.7. The van der Waals surface area contributed by atoms with E-state index in [4.69, 9.17) is 0 Å². The third-order valence-electron chi connectivity index (χ3n) is 7.21. The van der Waals surface area contributed by atoms with E-state index in [9.17, 15) is 61.5 Å². The van der Waals surface area contributed by atoms with Gasteiger partial charge in [0.05, 0.1) is 44.5 Å². The van der Waals surface area contributed by atoms with Crippen LogP contribution in [-0.2, 0) is 0 Å². The van der Waals surface area contributed by atoms with E-state index in [0.29, 0.717) is 0 Å². The molecule has 0 aliphatic carbocycles. The Morgan fingerprint density at radius 2 is 0.154 bits per heavy atom. The van der Waals surface area contributed by atoms with Crippen molar-refractivity contribution in [2.24, 2.45) is 0 Å². The Bertz CT molecular complexity index is 2120. The summed E-state index contributed by atoms with van der Waals surface area (Å²) < 4.78 is 318. The Hall–Kier alpha value is -5.44. The molecule has 0 saturated carbocycles. The van der Waals surface area contributed by atoms with Gasteiger partial charge in [0.15, 0.2) is 116 Å². The van der Waals surface area contributed by atoms with E-state index in [0.717, 1.165) is 0 Å². The van der Waals surface area contributed by atoms with Gasteiger partial charge in [-0.3, -0.25) is 0 Å². The fourth-order valence-electron chi connectivity index (χ4n) is 4.86. The van der Waals surface area contributed by atoms with Crippen LogP contribution >= 0.6 is 0 Å². The second kappa shape index (κ2) is 12.7. The van der Waals surface area contributed by atoms with Crippen LogP contribution in [-0.4, -0.2) is 0 Å². The van der Waals surface area contributed by atoms with Gasteiger partial charge in [-0.05, 0) is 0 Å². The van der Waals surface area contributed by atoms with Gasteiger partial charge in [0.25, 0.3) is 0 Å². The zero-order valence-corrected chi connectivity index (χ0v) is 23.3. The van der Waals surface area contributed by atoms with Crippen molar-refractivity contribution < 1.29 is 96.6 Å². The summed E-state index contributed by atoms with van der Waals surface area (Å²) in [7, 11) is 0. The molecule has 0 saturated heterocycles. The van der Waals surface area contributed by atoms with Gasteiger partial charge in [-0.15, -0.1) is 0 Å². The summed E-state index contributed by atoms with van der Waals surface area (Å²) in [4.78, 5) is 0. The van der Waals surface area contributed by atoms with Gasteiger partial charge in [-0.1, -0.05) is 0 Å². The van der Waals surface area contributed by atoms with Crippen LogP contribution in [0.1, 0.15) is 0 Å². The minimum absolute atomic E-state index is 2.71. The minimum atomic E-state index is -3.35. The molecule has 5 aromatic rings. The molecule has 52 heavy (non-hydrogen) atoms. The summed E-state index contributed by atoms with van der Waals surface area (Å²) in [6.07, 6.45) is 0. The smallest absolute Gasteiger partial charge is 0.200 e. The Morgan fingerprint density at radius 3 is 0.250 bits per heavy atom. The number of benzene rings is 5. The van der Waals surface area contributed by atoms with E-state index in [-0.39, 0.29) is 0 Å². The highest BCUT2D eigenvalue weighted by atomic mass is 19.2. The minimum Gasteiger partial charge on any atom is -0.203 e. The third-order valence-corrected chi connectivity index (χ3v) is 7.21. The summed E-state index contributed by atoms with van der Waals surface area (Å²) in [6, 6.07) is 0. The van der Waals surface area contributed by atoms with Crippen molar-refractivity contribution in [1.82, 2.24) is 0 Å². The fraction of sp³-hybridized carbons (Fsp3) is 0. The highest BCUT2D eigenvalue weighted by Gasteiger charge is 2.41. The van der Waals surface area contributed by atoms with E-state index < -0.39 is 172 Å². The lowest BCUT2D eigenvalue weighted by Crippen LogP contribution is -2.13. The van der Waals surface area contributed by atoms with E-state index in [1.165, 1.54) is 0 Å². The molecule has 0 spiro atoms. The quantitative estimate of drug-likeness (QED) is 0.0969. The molecule has 5 aromatic carbocycles. The van der Waals surface area contributed by atoms with E-state index in [1.807, 2.05) is 0 Å². The first-order chi connectivity index (χ1) is 24.0. The Morgan fingerprint density at radius 1 is 0.0962 bits per heavy atom. The van der Waals surface area contributed by atoms with Crippen molar-refractivity contribution in [3.63, 3.8) is 0 Å². The van der Waals surface area contributed by atoms with Gasteiger partial charge >= 0.3 is 0 Å². The van der Waals surface area contributed by atoms with Gasteiger partial charge in [-0.2, -0.15) is 0 Å². The molecule has 5 rings (SSSR count). The zero-order chi connectivity index (χ0) is 39.3. The average Bonchev–Trinajstić information content (AvgIpc) is 3.11. The van der Waals surface area contributed by atoms with Crippen LogP contribution in [0.2, 0.25) is 0 Å². The maximum Gasteiger partial charge on any atom is 0.200 e. The Balaban J connectivity index is 1.82. The van der Waals surface area contributed by atoms with Crippen molar-refractivity contribution in [2.75, 3.05) is 0 Å². The third kappa shape index (κ3) is 4.96. The number of hydrogen-bond donors (Lipinski definition) is 0. The van der Waals surface area contributed by atoms with E-state index in [2.05, 4.69) is 0 Å². The Labute approximate surface area is 269 Å². The van der Waals surface area contributed by atoms with E-state index >= 15 is 35.1 Å². The SMILES string of the molecule is Fc1c(F)c(F)c(-c2c(F)c(F)c(-c3c(F)c(F)c(-c4c(F)c(F)c(-c5c(F)c(F)c(F)c(F)c5F)c(F)c4F)c(F)c3F)c(F)c2F)c(F)c1F. The summed E-state index contributed by atoms with van der Waals surface area (Å²) in [5.74, 6) is -69.7. The molecule has 0 radical (unpaired) electrons. The molecule has 0 bridgehead atoms. The van der Waals surface area contributed by atoms with Crippen LogP contribution in [0.5, 0.6) is 0 Å². The van der Waals surface area contributed by atoms with Gasteiger partial charge in [0.1, 0.15) is 0 Å². The largest absolute Gasteiger partial charge is 0.203 e. The van der Waals surface area contributed by atoms with Crippen LogP contribution in [0.3, 0.4) is 0 Å². The lowest BCUT2D eigenvalue weighted by atomic mass is 9.92. The van der Waals surface area contributed by atoms with Gasteiger partial charge in [-0.25, -0.2) is 96.6 Å². The normalized spacial score (nSPS) is 11.7. The molecular weight excluding hydrogens is 778 g/mol. The molecule has 0 fully saturated rings. The van der Waals surface area contributed by atoms with Crippen LogP contribution in [0, 0.1) is 128 Å². The molecule has 0 nitrogen and oxygen atoms in total. The van der Waals surface area contributed by atoms with Crippen molar-refractivity contribution in [3.05, 3.63) is 128 Å². The molecule has 274 valence electrons. The summed E-state index contributed by atoms with van der Waals surface area (Å²) in [6.45, 7) is 0. The average molecular weight is 778 g/mol. The fourth-order valence-corrected chi connectivity index (χ4v) is 4.86. The van der Waals surface area contributed by atoms with Gasteiger partial charge in [0.2, 0.25) is 11.6 Å².